The van der Waals surface area contributed by atoms with Crippen LogP contribution < -0.4 is 0 Å². The summed E-state index contributed by atoms with van der Waals surface area (Å²) in [5.41, 5.74) is 6.12. The van der Waals surface area contributed by atoms with Gasteiger partial charge in [0.25, 0.3) is 0 Å². The van der Waals surface area contributed by atoms with Crippen molar-refractivity contribution in [1.82, 2.24) is 0 Å². The Morgan fingerprint density at radius 1 is 0.523 bits per heavy atom. The molecule has 0 amide bonds. The van der Waals surface area contributed by atoms with Crippen LogP contribution in [0.1, 0.15) is 99.9 Å². The topological polar surface area (TPSA) is 149 Å². The van der Waals surface area contributed by atoms with Crippen molar-refractivity contribution in [3.05, 3.63) is 80.9 Å². The number of hydrogen-bond donors (Lipinski definition) is 4. The van der Waals surface area contributed by atoms with E-state index in [4.69, 9.17) is 5.11 Å². The van der Waals surface area contributed by atoms with E-state index in [1.807, 2.05) is 65.0 Å². The lowest BCUT2D eigenvalue weighted by atomic mass is 9.71. The van der Waals surface area contributed by atoms with Crippen LogP contribution >= 0.6 is 0 Å². The lowest BCUT2D eigenvalue weighted by Crippen LogP contribution is -2.26. The van der Waals surface area contributed by atoms with Crippen LogP contribution in [0.25, 0.3) is 10.8 Å². The van der Waals surface area contributed by atoms with Gasteiger partial charge >= 0.3 is 23.9 Å². The normalized spacial score (nSPS) is 11.5. The van der Waals surface area contributed by atoms with Crippen LogP contribution in [0.2, 0.25) is 0 Å². The highest BCUT2D eigenvalue weighted by Crippen LogP contribution is 2.38. The number of carboxylic acid groups (broad SMARTS) is 4. The molecule has 0 saturated heterocycles. The van der Waals surface area contributed by atoms with Crippen molar-refractivity contribution in [3.63, 3.8) is 0 Å². The predicted octanol–water partition coefficient (Wildman–Crippen LogP) is 6.75. The zero-order valence-corrected chi connectivity index (χ0v) is 27.1. The molecule has 0 fully saturated rings. The van der Waals surface area contributed by atoms with Gasteiger partial charge in [0.15, 0.2) is 0 Å². The molecule has 8 nitrogen and oxygen atoms in total. The number of aryl methyl sites for hydroxylation is 2. The van der Waals surface area contributed by atoms with Crippen LogP contribution in [0.5, 0.6) is 0 Å². The number of hydrogen-bond acceptors (Lipinski definition) is 4. The molecule has 0 atom stereocenters. The first-order chi connectivity index (χ1) is 20.3. The Morgan fingerprint density at radius 3 is 1.23 bits per heavy atom. The second kappa shape index (κ2) is 14.5. The SMILES string of the molecule is CC(C)(C)c1ccc(CC(=O)O)c(CC(=O)O)c1C(C)(C)C.CCc1c(CC(=O)O)c(CC(=O)O)c(CC)c2ccccc12. The molecule has 0 saturated carbocycles. The van der Waals surface area contributed by atoms with Crippen LogP contribution in [0.4, 0.5) is 0 Å². The van der Waals surface area contributed by atoms with E-state index in [2.05, 4.69) is 20.8 Å². The molecule has 0 aromatic heterocycles. The zero-order chi connectivity index (χ0) is 33.6. The Kier molecular flexibility index (Phi) is 11.9. The molecule has 3 aromatic carbocycles. The highest BCUT2D eigenvalue weighted by atomic mass is 16.4. The monoisotopic (exact) mass is 606 g/mol. The Labute approximate surface area is 259 Å². The molecule has 3 aromatic rings. The Bertz CT molecular complexity index is 1490. The van der Waals surface area contributed by atoms with Crippen molar-refractivity contribution in [2.24, 2.45) is 0 Å². The van der Waals surface area contributed by atoms with Gasteiger partial charge < -0.3 is 20.4 Å². The Morgan fingerprint density at radius 2 is 0.909 bits per heavy atom. The first-order valence-electron chi connectivity index (χ1n) is 14.9. The summed E-state index contributed by atoms with van der Waals surface area (Å²) < 4.78 is 0. The third-order valence-electron chi connectivity index (χ3n) is 7.67. The van der Waals surface area contributed by atoms with E-state index in [-0.39, 0.29) is 36.5 Å². The summed E-state index contributed by atoms with van der Waals surface area (Å²) in [6.07, 6.45) is 0.780. The molecular weight excluding hydrogens is 560 g/mol. The molecule has 8 heteroatoms. The third-order valence-corrected chi connectivity index (χ3v) is 7.67. The summed E-state index contributed by atoms with van der Waals surface area (Å²) in [5, 5.41) is 38.9. The molecule has 0 heterocycles. The number of benzene rings is 3. The summed E-state index contributed by atoms with van der Waals surface area (Å²) >= 11 is 0. The van der Waals surface area contributed by atoms with Gasteiger partial charge in [0.2, 0.25) is 0 Å². The van der Waals surface area contributed by atoms with Crippen molar-refractivity contribution in [3.8, 4) is 0 Å². The van der Waals surface area contributed by atoms with Crippen molar-refractivity contribution in [2.75, 3.05) is 0 Å². The number of aliphatic carboxylic acids is 4. The van der Waals surface area contributed by atoms with Gasteiger partial charge in [-0.2, -0.15) is 0 Å². The van der Waals surface area contributed by atoms with E-state index in [0.717, 1.165) is 33.0 Å². The van der Waals surface area contributed by atoms with Gasteiger partial charge in [-0.1, -0.05) is 91.8 Å². The second-order valence-electron chi connectivity index (χ2n) is 13.1. The van der Waals surface area contributed by atoms with Crippen molar-refractivity contribution >= 4 is 34.6 Å². The second-order valence-corrected chi connectivity index (χ2v) is 13.1. The van der Waals surface area contributed by atoms with Crippen LogP contribution in [-0.2, 0) is 68.5 Å². The molecule has 3 rings (SSSR count). The summed E-state index contributed by atoms with van der Waals surface area (Å²) in [6.45, 7) is 16.3. The quantitative estimate of drug-likeness (QED) is 0.198. The van der Waals surface area contributed by atoms with Gasteiger partial charge in [-0.15, -0.1) is 0 Å². The minimum absolute atomic E-state index is 0.135. The van der Waals surface area contributed by atoms with Crippen LogP contribution in [0.15, 0.2) is 36.4 Å². The van der Waals surface area contributed by atoms with Crippen molar-refractivity contribution < 1.29 is 39.6 Å². The highest BCUT2D eigenvalue weighted by Gasteiger charge is 2.30. The molecule has 238 valence electrons. The van der Waals surface area contributed by atoms with Gasteiger partial charge in [-0.05, 0) is 79.0 Å². The van der Waals surface area contributed by atoms with Crippen molar-refractivity contribution in [1.29, 1.82) is 0 Å². The van der Waals surface area contributed by atoms with Crippen LogP contribution in [-0.4, -0.2) is 44.3 Å². The molecule has 0 spiro atoms. The first-order valence-corrected chi connectivity index (χ1v) is 14.9. The third kappa shape index (κ3) is 8.91. The van der Waals surface area contributed by atoms with Gasteiger partial charge in [0, 0.05) is 0 Å². The number of carbonyl (C=O) groups is 4. The number of fused-ring (bicyclic) bond motifs is 1. The minimum Gasteiger partial charge on any atom is -0.481 e. The lowest BCUT2D eigenvalue weighted by Gasteiger charge is -2.33. The molecule has 0 aliphatic heterocycles. The van der Waals surface area contributed by atoms with E-state index in [9.17, 15) is 34.5 Å². The van der Waals surface area contributed by atoms with Crippen molar-refractivity contribution in [2.45, 2.75) is 105 Å². The fraction of sp³-hybridized carbons (Fsp3) is 0.444. The van der Waals surface area contributed by atoms with Crippen LogP contribution in [0.3, 0.4) is 0 Å². The molecule has 0 unspecified atom stereocenters. The van der Waals surface area contributed by atoms with E-state index in [0.29, 0.717) is 35.1 Å². The fourth-order valence-electron chi connectivity index (χ4n) is 6.09. The maximum Gasteiger partial charge on any atom is 0.307 e. The minimum atomic E-state index is -0.949. The van der Waals surface area contributed by atoms with Gasteiger partial charge in [0.05, 0.1) is 25.7 Å². The summed E-state index contributed by atoms with van der Waals surface area (Å²) in [4.78, 5) is 44.9. The molecule has 0 radical (unpaired) electrons. The van der Waals surface area contributed by atoms with E-state index >= 15 is 0 Å². The van der Waals surface area contributed by atoms with Gasteiger partial charge in [-0.25, -0.2) is 0 Å². The van der Waals surface area contributed by atoms with E-state index in [1.165, 1.54) is 0 Å². The summed E-state index contributed by atoms with van der Waals surface area (Å²) in [5.74, 6) is -3.75. The molecule has 0 aliphatic carbocycles. The molecular formula is C36H46O8. The fourth-order valence-corrected chi connectivity index (χ4v) is 6.09. The predicted molar refractivity (Wildman–Crippen MR) is 172 cm³/mol. The lowest BCUT2D eigenvalue weighted by molar-refractivity contribution is -0.137. The van der Waals surface area contributed by atoms with E-state index in [1.54, 1.807) is 6.07 Å². The number of rotatable bonds is 10. The maximum absolute atomic E-state index is 11.3. The average Bonchev–Trinajstić information content (AvgIpc) is 2.88. The largest absolute Gasteiger partial charge is 0.481 e. The molecule has 44 heavy (non-hydrogen) atoms. The maximum atomic E-state index is 11.3. The van der Waals surface area contributed by atoms with Gasteiger partial charge in [0.1, 0.15) is 0 Å². The van der Waals surface area contributed by atoms with Gasteiger partial charge in [-0.3, -0.25) is 19.2 Å². The molecule has 0 bridgehead atoms. The molecule has 0 aliphatic rings. The number of carboxylic acids is 4. The first kappa shape index (κ1) is 36.0. The Balaban J connectivity index is 0.000000307. The standard InChI is InChI=1S/C18H20O4.C18H26O4/c1-3-11-13-7-5-6-8-14(13)12(4-2)16(10-18(21)22)15(11)9-17(19)20;1-17(2,3)13-8-7-11(9-14(19)20)12(10-15(21)22)16(13)18(4,5)6/h5-8H,3-4,9-10H2,1-2H3,(H,19,20)(H,21,22);7-8H,9-10H2,1-6H3,(H,19,20)(H,21,22). The smallest absolute Gasteiger partial charge is 0.307 e. The summed E-state index contributed by atoms with van der Waals surface area (Å²) in [6, 6.07) is 11.6. The van der Waals surface area contributed by atoms with Crippen LogP contribution in [0, 0.1) is 0 Å². The Hall–Kier alpha value is -4.20. The molecule has 4 N–H and O–H groups in total. The zero-order valence-electron chi connectivity index (χ0n) is 27.1. The summed E-state index contributed by atoms with van der Waals surface area (Å²) in [7, 11) is 0. The highest BCUT2D eigenvalue weighted by molar-refractivity contribution is 5.93. The average molecular weight is 607 g/mol. The van der Waals surface area contributed by atoms with E-state index < -0.39 is 23.9 Å².